The predicted molar refractivity (Wildman–Crippen MR) is 64.2 cm³/mol. The van der Waals surface area contributed by atoms with E-state index in [1.54, 1.807) is 7.11 Å². The van der Waals surface area contributed by atoms with Crippen LogP contribution in [0.5, 0.6) is 0 Å². The molecule has 0 aromatic carbocycles. The van der Waals surface area contributed by atoms with Gasteiger partial charge in [0, 0.05) is 38.3 Å². The molecule has 15 heavy (non-hydrogen) atoms. The van der Waals surface area contributed by atoms with Crippen LogP contribution in [-0.2, 0) is 4.74 Å². The van der Waals surface area contributed by atoms with Crippen molar-refractivity contribution in [3.05, 3.63) is 0 Å². The fourth-order valence-corrected chi connectivity index (χ4v) is 2.33. The van der Waals surface area contributed by atoms with Crippen molar-refractivity contribution in [3.63, 3.8) is 0 Å². The lowest BCUT2D eigenvalue weighted by Crippen LogP contribution is -2.63. The highest BCUT2D eigenvalue weighted by Gasteiger charge is 2.34. The second-order valence-corrected chi connectivity index (χ2v) is 4.68. The van der Waals surface area contributed by atoms with Gasteiger partial charge in [0.2, 0.25) is 0 Å². The smallest absolute Gasteiger partial charge is 0.0589 e. The highest BCUT2D eigenvalue weighted by Crippen LogP contribution is 2.22. The van der Waals surface area contributed by atoms with E-state index < -0.39 is 0 Å². The molecule has 0 bridgehead atoms. The van der Waals surface area contributed by atoms with Gasteiger partial charge in [0.25, 0.3) is 0 Å². The van der Waals surface area contributed by atoms with Gasteiger partial charge < -0.3 is 10.1 Å². The summed E-state index contributed by atoms with van der Waals surface area (Å²) in [4.78, 5) is 2.55. The Balaban J connectivity index is 2.54. The van der Waals surface area contributed by atoms with Gasteiger partial charge in [-0.1, -0.05) is 13.8 Å². The summed E-state index contributed by atoms with van der Waals surface area (Å²) in [6.07, 6.45) is 2.42. The number of nitrogens with zero attached hydrogens (tertiary/aromatic N) is 1. The maximum atomic E-state index is 5.17. The Bertz CT molecular complexity index is 180. The van der Waals surface area contributed by atoms with Crippen LogP contribution in [0.3, 0.4) is 0 Å². The van der Waals surface area contributed by atoms with Crippen LogP contribution < -0.4 is 5.32 Å². The molecule has 1 rings (SSSR count). The lowest BCUT2D eigenvalue weighted by atomic mass is 9.89. The summed E-state index contributed by atoms with van der Waals surface area (Å²) in [5.74, 6) is 0. The summed E-state index contributed by atoms with van der Waals surface area (Å²) >= 11 is 0. The third-order valence-electron chi connectivity index (χ3n) is 3.84. The Hall–Kier alpha value is -0.120. The van der Waals surface area contributed by atoms with Gasteiger partial charge in [-0.05, 0) is 19.8 Å². The van der Waals surface area contributed by atoms with Crippen LogP contribution in [0.1, 0.15) is 33.6 Å². The molecule has 1 atom stereocenters. The first-order valence-electron chi connectivity index (χ1n) is 6.15. The molecule has 0 saturated carbocycles. The highest BCUT2D eigenvalue weighted by molar-refractivity contribution is 4.95. The van der Waals surface area contributed by atoms with Crippen molar-refractivity contribution in [1.29, 1.82) is 0 Å². The van der Waals surface area contributed by atoms with Crippen molar-refractivity contribution in [2.75, 3.05) is 33.4 Å². The Kier molecular flexibility index (Phi) is 5.03. The van der Waals surface area contributed by atoms with E-state index in [1.165, 1.54) is 12.8 Å². The molecule has 1 saturated heterocycles. The second kappa shape index (κ2) is 5.83. The van der Waals surface area contributed by atoms with E-state index in [2.05, 4.69) is 31.0 Å². The quantitative estimate of drug-likeness (QED) is 0.750. The van der Waals surface area contributed by atoms with Gasteiger partial charge in [0.05, 0.1) is 6.61 Å². The standard InChI is InChI=1S/C12H26N2O/c1-5-12(6-2)10-14(7-8-15-4)11(3)9-13-12/h11,13H,5-10H2,1-4H3. The maximum absolute atomic E-state index is 5.17. The van der Waals surface area contributed by atoms with Crippen LogP contribution in [0.4, 0.5) is 0 Å². The van der Waals surface area contributed by atoms with Crippen LogP contribution >= 0.6 is 0 Å². The van der Waals surface area contributed by atoms with Gasteiger partial charge in [-0.15, -0.1) is 0 Å². The molecule has 1 heterocycles. The number of rotatable bonds is 5. The second-order valence-electron chi connectivity index (χ2n) is 4.68. The van der Waals surface area contributed by atoms with E-state index in [0.717, 1.165) is 26.2 Å². The van der Waals surface area contributed by atoms with E-state index in [0.29, 0.717) is 11.6 Å². The Morgan fingerprint density at radius 2 is 2.07 bits per heavy atom. The molecule has 3 heteroatoms. The zero-order valence-electron chi connectivity index (χ0n) is 10.7. The molecular formula is C12H26N2O. The van der Waals surface area contributed by atoms with Gasteiger partial charge >= 0.3 is 0 Å². The monoisotopic (exact) mass is 214 g/mol. The lowest BCUT2D eigenvalue weighted by molar-refractivity contribution is 0.0555. The van der Waals surface area contributed by atoms with E-state index in [1.807, 2.05) is 0 Å². The molecule has 0 aliphatic carbocycles. The number of hydrogen-bond donors (Lipinski definition) is 1. The van der Waals surface area contributed by atoms with Crippen LogP contribution in [0.2, 0.25) is 0 Å². The summed E-state index contributed by atoms with van der Waals surface area (Å²) < 4.78 is 5.17. The summed E-state index contributed by atoms with van der Waals surface area (Å²) in [7, 11) is 1.78. The van der Waals surface area contributed by atoms with Crippen molar-refractivity contribution in [3.8, 4) is 0 Å². The molecule has 0 amide bonds. The number of nitrogens with one attached hydrogen (secondary N) is 1. The van der Waals surface area contributed by atoms with Crippen molar-refractivity contribution in [2.24, 2.45) is 0 Å². The third kappa shape index (κ3) is 3.16. The van der Waals surface area contributed by atoms with Crippen molar-refractivity contribution < 1.29 is 4.74 Å². The molecule has 0 radical (unpaired) electrons. The lowest BCUT2D eigenvalue weighted by Gasteiger charge is -2.46. The van der Waals surface area contributed by atoms with Crippen LogP contribution in [0, 0.1) is 0 Å². The van der Waals surface area contributed by atoms with Crippen molar-refractivity contribution in [2.45, 2.75) is 45.2 Å². The molecule has 90 valence electrons. The first kappa shape index (κ1) is 12.9. The van der Waals surface area contributed by atoms with Crippen LogP contribution in [0.15, 0.2) is 0 Å². The number of hydrogen-bond acceptors (Lipinski definition) is 3. The first-order valence-corrected chi connectivity index (χ1v) is 6.15. The molecule has 1 aliphatic heterocycles. The predicted octanol–water partition coefficient (Wildman–Crippen LogP) is 1.49. The van der Waals surface area contributed by atoms with Gasteiger partial charge in [0.1, 0.15) is 0 Å². The fraction of sp³-hybridized carbons (Fsp3) is 1.00. The van der Waals surface area contributed by atoms with E-state index in [9.17, 15) is 0 Å². The van der Waals surface area contributed by atoms with Crippen LogP contribution in [-0.4, -0.2) is 49.8 Å². The molecular weight excluding hydrogens is 188 g/mol. The van der Waals surface area contributed by atoms with Gasteiger partial charge in [0.15, 0.2) is 0 Å². The van der Waals surface area contributed by atoms with Crippen molar-refractivity contribution >= 4 is 0 Å². The Morgan fingerprint density at radius 1 is 1.40 bits per heavy atom. The summed E-state index contributed by atoms with van der Waals surface area (Å²) in [6.45, 7) is 11.0. The summed E-state index contributed by atoms with van der Waals surface area (Å²) in [5, 5.41) is 3.71. The third-order valence-corrected chi connectivity index (χ3v) is 3.84. The molecule has 1 aliphatic rings. The fourth-order valence-electron chi connectivity index (χ4n) is 2.33. The molecule has 1 unspecified atom stereocenters. The van der Waals surface area contributed by atoms with E-state index in [-0.39, 0.29) is 0 Å². The minimum Gasteiger partial charge on any atom is -0.383 e. The molecule has 0 aromatic heterocycles. The normalized spacial score (nSPS) is 26.8. The van der Waals surface area contributed by atoms with Gasteiger partial charge in [-0.2, -0.15) is 0 Å². The molecule has 0 aromatic rings. The van der Waals surface area contributed by atoms with Crippen molar-refractivity contribution in [1.82, 2.24) is 10.2 Å². The van der Waals surface area contributed by atoms with E-state index >= 15 is 0 Å². The summed E-state index contributed by atoms with van der Waals surface area (Å²) in [6, 6.07) is 0.631. The number of ether oxygens (including phenoxy) is 1. The average molecular weight is 214 g/mol. The topological polar surface area (TPSA) is 24.5 Å². The average Bonchev–Trinajstić information content (AvgIpc) is 2.29. The minimum absolute atomic E-state index is 0.334. The minimum atomic E-state index is 0.334. The zero-order valence-corrected chi connectivity index (χ0v) is 10.7. The Morgan fingerprint density at radius 3 is 2.60 bits per heavy atom. The summed E-state index contributed by atoms with van der Waals surface area (Å²) in [5.41, 5.74) is 0.334. The first-order chi connectivity index (χ1) is 7.17. The van der Waals surface area contributed by atoms with Gasteiger partial charge in [-0.3, -0.25) is 4.90 Å². The molecule has 1 N–H and O–H groups in total. The van der Waals surface area contributed by atoms with Crippen LogP contribution in [0.25, 0.3) is 0 Å². The largest absolute Gasteiger partial charge is 0.383 e. The zero-order chi connectivity index (χ0) is 11.3. The molecule has 3 nitrogen and oxygen atoms in total. The number of methoxy groups -OCH3 is 1. The SMILES string of the molecule is CCC1(CC)CN(CCOC)C(C)CN1. The van der Waals surface area contributed by atoms with E-state index in [4.69, 9.17) is 4.74 Å². The Labute approximate surface area is 94.2 Å². The maximum Gasteiger partial charge on any atom is 0.0589 e. The molecule has 1 fully saturated rings. The van der Waals surface area contributed by atoms with Gasteiger partial charge in [-0.25, -0.2) is 0 Å². The number of piperazine rings is 1. The molecule has 0 spiro atoms. The highest BCUT2D eigenvalue weighted by atomic mass is 16.5.